The van der Waals surface area contributed by atoms with Crippen LogP contribution in [0.25, 0.3) is 0 Å². The summed E-state index contributed by atoms with van der Waals surface area (Å²) in [6.45, 7) is 6.16. The minimum absolute atomic E-state index is 0.0363. The minimum Gasteiger partial charge on any atom is -0.379 e. The Morgan fingerprint density at radius 2 is 2.06 bits per heavy atom. The van der Waals surface area contributed by atoms with Crippen molar-refractivity contribution in [2.45, 2.75) is 57.4 Å². The topological polar surface area (TPSA) is 82.8 Å². The molecule has 3 heterocycles. The van der Waals surface area contributed by atoms with E-state index in [0.717, 1.165) is 48.7 Å². The fraction of sp³-hybridized carbons (Fsp3) is 0.458. The molecular weight excluding hydrogens is 390 g/mol. The van der Waals surface area contributed by atoms with E-state index in [2.05, 4.69) is 43.8 Å². The van der Waals surface area contributed by atoms with Crippen LogP contribution in [0.15, 0.2) is 36.7 Å². The lowest BCUT2D eigenvalue weighted by Crippen LogP contribution is -2.49. The summed E-state index contributed by atoms with van der Waals surface area (Å²) in [5, 5.41) is 8.38. The van der Waals surface area contributed by atoms with Gasteiger partial charge in [0.15, 0.2) is 5.78 Å². The molecule has 1 aliphatic carbocycles. The van der Waals surface area contributed by atoms with Crippen LogP contribution in [0, 0.1) is 6.92 Å². The number of hydrogen-bond donors (Lipinski definition) is 0. The van der Waals surface area contributed by atoms with E-state index in [1.165, 1.54) is 5.56 Å². The fourth-order valence-corrected chi connectivity index (χ4v) is 4.25. The molecule has 7 nitrogen and oxygen atoms in total. The second-order valence-corrected chi connectivity index (χ2v) is 8.81. The summed E-state index contributed by atoms with van der Waals surface area (Å²) in [5.41, 5.74) is 3.45. The Morgan fingerprint density at radius 3 is 2.77 bits per heavy atom. The molecule has 0 atom stereocenters. The van der Waals surface area contributed by atoms with Crippen LogP contribution in [0.3, 0.4) is 0 Å². The number of benzene rings is 1. The van der Waals surface area contributed by atoms with E-state index in [0.29, 0.717) is 31.2 Å². The molecule has 31 heavy (non-hydrogen) atoms. The first-order valence-corrected chi connectivity index (χ1v) is 11.0. The molecule has 0 radical (unpaired) electrons. The lowest BCUT2D eigenvalue weighted by Gasteiger charge is -2.42. The molecule has 0 unspecified atom stereocenters. The first-order valence-electron chi connectivity index (χ1n) is 11.0. The highest BCUT2D eigenvalue weighted by molar-refractivity contribution is 5.95. The predicted octanol–water partition coefficient (Wildman–Crippen LogP) is 3.21. The van der Waals surface area contributed by atoms with Gasteiger partial charge in [-0.05, 0) is 43.9 Å². The molecule has 1 aromatic carbocycles. The van der Waals surface area contributed by atoms with Crippen LogP contribution in [0.1, 0.15) is 64.6 Å². The second-order valence-electron chi connectivity index (χ2n) is 8.81. The molecule has 0 bridgehead atoms. The quantitative estimate of drug-likeness (QED) is 0.524. The van der Waals surface area contributed by atoms with E-state index in [-0.39, 0.29) is 11.2 Å². The van der Waals surface area contributed by atoms with Gasteiger partial charge in [0, 0.05) is 36.4 Å². The number of hydrogen-bond acceptors (Lipinski definition) is 6. The zero-order valence-corrected chi connectivity index (χ0v) is 18.0. The van der Waals surface area contributed by atoms with Gasteiger partial charge in [0.1, 0.15) is 23.7 Å². The van der Waals surface area contributed by atoms with Crippen molar-refractivity contribution in [1.29, 1.82) is 0 Å². The van der Waals surface area contributed by atoms with Crippen molar-refractivity contribution in [2.24, 2.45) is 0 Å². The third-order valence-electron chi connectivity index (χ3n) is 6.29. The van der Waals surface area contributed by atoms with Gasteiger partial charge in [-0.15, -0.1) is 10.2 Å². The Kier molecular flexibility index (Phi) is 5.14. The van der Waals surface area contributed by atoms with Crippen molar-refractivity contribution in [3.8, 4) is 0 Å². The van der Waals surface area contributed by atoms with Crippen LogP contribution in [0.5, 0.6) is 0 Å². The molecule has 160 valence electrons. The zero-order chi connectivity index (χ0) is 21.4. The smallest absolute Gasteiger partial charge is 0.185 e. The maximum atomic E-state index is 13.0. The van der Waals surface area contributed by atoms with Gasteiger partial charge >= 0.3 is 0 Å². The average molecular weight is 418 g/mol. The van der Waals surface area contributed by atoms with Crippen molar-refractivity contribution in [3.63, 3.8) is 0 Å². The molecular formula is C24H27N5O2. The SMILES string of the molecule is CCn1cnnc1CC1(c2cccc(CC(=O)c3cc(C)nc(C4CC4)n3)c2)COC1. The zero-order valence-electron chi connectivity index (χ0n) is 18.0. The summed E-state index contributed by atoms with van der Waals surface area (Å²) in [6.07, 6.45) is 5.12. The molecule has 2 aliphatic rings. The van der Waals surface area contributed by atoms with Crippen LogP contribution >= 0.6 is 0 Å². The van der Waals surface area contributed by atoms with E-state index < -0.39 is 0 Å². The Bertz CT molecular complexity index is 1110. The first kappa shape index (κ1) is 20.0. The van der Waals surface area contributed by atoms with Crippen LogP contribution in [0.2, 0.25) is 0 Å². The highest BCUT2D eigenvalue weighted by atomic mass is 16.5. The Morgan fingerprint density at radius 1 is 1.23 bits per heavy atom. The van der Waals surface area contributed by atoms with Gasteiger partial charge in [-0.2, -0.15) is 0 Å². The van der Waals surface area contributed by atoms with Crippen molar-refractivity contribution in [2.75, 3.05) is 13.2 Å². The highest BCUT2D eigenvalue weighted by Crippen LogP contribution is 2.38. The lowest BCUT2D eigenvalue weighted by atomic mass is 9.75. The van der Waals surface area contributed by atoms with Crippen LogP contribution in [-0.2, 0) is 29.5 Å². The van der Waals surface area contributed by atoms with E-state index in [1.807, 2.05) is 19.1 Å². The van der Waals surface area contributed by atoms with Crippen LogP contribution in [0.4, 0.5) is 0 Å². The molecule has 1 aliphatic heterocycles. The van der Waals surface area contributed by atoms with Gasteiger partial charge in [0.2, 0.25) is 0 Å². The normalized spacial score (nSPS) is 17.4. The first-order chi connectivity index (χ1) is 15.1. The monoisotopic (exact) mass is 417 g/mol. The van der Waals surface area contributed by atoms with Crippen molar-refractivity contribution < 1.29 is 9.53 Å². The summed E-state index contributed by atoms with van der Waals surface area (Å²) in [5.74, 6) is 2.26. The minimum atomic E-state index is -0.121. The van der Waals surface area contributed by atoms with Crippen molar-refractivity contribution in [3.05, 3.63) is 70.8 Å². The highest BCUT2D eigenvalue weighted by Gasteiger charge is 2.41. The largest absolute Gasteiger partial charge is 0.379 e. The van der Waals surface area contributed by atoms with Gasteiger partial charge in [-0.1, -0.05) is 24.3 Å². The predicted molar refractivity (Wildman–Crippen MR) is 115 cm³/mol. The van der Waals surface area contributed by atoms with Gasteiger partial charge in [-0.25, -0.2) is 9.97 Å². The standard InChI is InChI=1S/C24H27N5O2/c1-3-29-15-25-28-22(29)12-24(13-31-14-24)19-6-4-5-17(10-19)11-21(30)20-9-16(2)26-23(27-20)18-7-8-18/h4-6,9-10,15,18H,3,7-8,11-14H2,1-2H3. The number of rotatable bonds is 8. The van der Waals surface area contributed by atoms with Crippen LogP contribution in [-0.4, -0.2) is 43.7 Å². The number of carbonyl (C=O) groups is 1. The average Bonchev–Trinajstić information content (AvgIpc) is 3.49. The number of aryl methyl sites for hydroxylation is 2. The third-order valence-corrected chi connectivity index (χ3v) is 6.29. The maximum Gasteiger partial charge on any atom is 0.185 e. The summed E-state index contributed by atoms with van der Waals surface area (Å²) in [7, 11) is 0. The molecule has 1 saturated heterocycles. The van der Waals surface area contributed by atoms with Gasteiger partial charge in [0.25, 0.3) is 0 Å². The van der Waals surface area contributed by atoms with Gasteiger partial charge in [0.05, 0.1) is 13.2 Å². The van der Waals surface area contributed by atoms with E-state index in [4.69, 9.17) is 4.74 Å². The number of carbonyl (C=O) groups excluding carboxylic acids is 1. The number of nitrogens with zero attached hydrogens (tertiary/aromatic N) is 5. The summed E-state index contributed by atoms with van der Waals surface area (Å²) >= 11 is 0. The van der Waals surface area contributed by atoms with Gasteiger partial charge in [-0.3, -0.25) is 4.79 Å². The number of Topliss-reactive ketones (excluding diaryl/α,β-unsaturated/α-hetero) is 1. The number of aromatic nitrogens is 5. The van der Waals surface area contributed by atoms with Crippen LogP contribution < -0.4 is 0 Å². The molecule has 1 saturated carbocycles. The van der Waals surface area contributed by atoms with Crippen molar-refractivity contribution in [1.82, 2.24) is 24.7 Å². The Labute approximate surface area is 181 Å². The van der Waals surface area contributed by atoms with E-state index in [9.17, 15) is 4.79 Å². The summed E-state index contributed by atoms with van der Waals surface area (Å²) < 4.78 is 7.69. The molecule has 0 amide bonds. The maximum absolute atomic E-state index is 13.0. The van der Waals surface area contributed by atoms with E-state index >= 15 is 0 Å². The Hall–Kier alpha value is -2.93. The van der Waals surface area contributed by atoms with Crippen molar-refractivity contribution >= 4 is 5.78 Å². The second kappa shape index (κ2) is 7.96. The fourth-order valence-electron chi connectivity index (χ4n) is 4.25. The molecule has 7 heteroatoms. The molecule has 0 N–H and O–H groups in total. The molecule has 3 aromatic rings. The molecule has 5 rings (SSSR count). The van der Waals surface area contributed by atoms with E-state index in [1.54, 1.807) is 12.4 Å². The summed E-state index contributed by atoms with van der Waals surface area (Å²) in [6, 6.07) is 10.1. The molecule has 2 fully saturated rings. The number of ether oxygens (including phenoxy) is 1. The summed E-state index contributed by atoms with van der Waals surface area (Å²) in [4.78, 5) is 22.1. The Balaban J connectivity index is 1.37. The van der Waals surface area contributed by atoms with Gasteiger partial charge < -0.3 is 9.30 Å². The molecule has 0 spiro atoms. The number of ketones is 1. The molecule has 2 aromatic heterocycles. The third kappa shape index (κ3) is 4.02. The lowest BCUT2D eigenvalue weighted by molar-refractivity contribution is -0.0612.